The van der Waals surface area contributed by atoms with E-state index in [1.807, 2.05) is 0 Å². The Morgan fingerprint density at radius 2 is 2.50 bits per heavy atom. The molecule has 1 saturated carbocycles. The first-order valence-electron chi connectivity index (χ1n) is 3.98. The molecule has 0 radical (unpaired) electrons. The fraction of sp³-hybridized carbons (Fsp3) is 0.500. The van der Waals surface area contributed by atoms with Gasteiger partial charge in [-0.15, -0.1) is 0 Å². The Kier molecular flexibility index (Phi) is 1.60. The lowest BCUT2D eigenvalue weighted by Crippen LogP contribution is -2.26. The third kappa shape index (κ3) is 1.32. The van der Waals surface area contributed by atoms with Crippen LogP contribution >= 0.6 is 0 Å². The minimum absolute atomic E-state index is 0.122. The average Bonchev–Trinajstić information content (AvgIpc) is 2.72. The first-order chi connectivity index (χ1) is 5.77. The predicted molar refractivity (Wildman–Crippen MR) is 41.7 cm³/mol. The van der Waals surface area contributed by atoms with Crippen LogP contribution in [0.3, 0.4) is 0 Å². The Balaban J connectivity index is 2.07. The zero-order valence-electron chi connectivity index (χ0n) is 6.83. The van der Waals surface area contributed by atoms with Crippen LogP contribution in [-0.2, 0) is 0 Å². The lowest BCUT2D eigenvalue weighted by molar-refractivity contribution is 0.0945. The third-order valence-electron chi connectivity index (χ3n) is 1.87. The second kappa shape index (κ2) is 2.62. The summed E-state index contributed by atoms with van der Waals surface area (Å²) in [4.78, 5) is 15.2. The second-order valence-corrected chi connectivity index (χ2v) is 3.00. The van der Waals surface area contributed by atoms with Crippen molar-refractivity contribution in [3.63, 3.8) is 0 Å². The SMILES string of the molecule is Cc1ocnc1C(=O)NC1CC1. The topological polar surface area (TPSA) is 55.1 Å². The Morgan fingerprint density at radius 1 is 1.75 bits per heavy atom. The second-order valence-electron chi connectivity index (χ2n) is 3.00. The molecule has 0 aromatic carbocycles. The van der Waals surface area contributed by atoms with Gasteiger partial charge in [-0.05, 0) is 19.8 Å². The zero-order valence-corrected chi connectivity index (χ0v) is 6.83. The van der Waals surface area contributed by atoms with E-state index in [9.17, 15) is 4.79 Å². The Hall–Kier alpha value is -1.32. The van der Waals surface area contributed by atoms with Gasteiger partial charge >= 0.3 is 0 Å². The molecule has 4 heteroatoms. The highest BCUT2D eigenvalue weighted by Gasteiger charge is 2.25. The van der Waals surface area contributed by atoms with Gasteiger partial charge in [0.2, 0.25) is 0 Å². The number of aryl methyl sites for hydroxylation is 1. The van der Waals surface area contributed by atoms with Gasteiger partial charge in [0.25, 0.3) is 5.91 Å². The molecule has 1 heterocycles. The minimum atomic E-state index is -0.122. The number of oxazole rings is 1. The molecule has 0 saturated heterocycles. The normalized spacial score (nSPS) is 16.1. The van der Waals surface area contributed by atoms with Crippen molar-refractivity contribution in [2.24, 2.45) is 0 Å². The molecule has 1 fully saturated rings. The summed E-state index contributed by atoms with van der Waals surface area (Å²) in [6.45, 7) is 1.73. The highest BCUT2D eigenvalue weighted by atomic mass is 16.3. The maximum atomic E-state index is 11.3. The summed E-state index contributed by atoms with van der Waals surface area (Å²) in [5, 5.41) is 2.84. The molecule has 1 aromatic heterocycles. The molecule has 2 rings (SSSR count). The summed E-state index contributed by atoms with van der Waals surface area (Å²) in [7, 11) is 0. The van der Waals surface area contributed by atoms with Gasteiger partial charge in [-0.1, -0.05) is 0 Å². The maximum absolute atomic E-state index is 11.3. The molecule has 1 amide bonds. The van der Waals surface area contributed by atoms with E-state index >= 15 is 0 Å². The van der Waals surface area contributed by atoms with Crippen molar-refractivity contribution >= 4 is 5.91 Å². The molecule has 64 valence electrons. The van der Waals surface area contributed by atoms with E-state index in [-0.39, 0.29) is 5.91 Å². The van der Waals surface area contributed by atoms with E-state index in [0.29, 0.717) is 17.5 Å². The van der Waals surface area contributed by atoms with Crippen molar-refractivity contribution in [2.75, 3.05) is 0 Å². The van der Waals surface area contributed by atoms with Crippen LogP contribution < -0.4 is 5.32 Å². The molecular weight excluding hydrogens is 156 g/mol. The summed E-state index contributed by atoms with van der Waals surface area (Å²) in [5.41, 5.74) is 0.405. The number of carbonyl (C=O) groups excluding carboxylic acids is 1. The van der Waals surface area contributed by atoms with Crippen LogP contribution in [0.5, 0.6) is 0 Å². The number of nitrogens with one attached hydrogen (secondary N) is 1. The van der Waals surface area contributed by atoms with E-state index in [0.717, 1.165) is 12.8 Å². The molecule has 0 aliphatic heterocycles. The summed E-state index contributed by atoms with van der Waals surface area (Å²) in [6.07, 6.45) is 3.46. The van der Waals surface area contributed by atoms with Gasteiger partial charge in [0.15, 0.2) is 12.1 Å². The van der Waals surface area contributed by atoms with Crippen molar-refractivity contribution in [3.05, 3.63) is 17.8 Å². The van der Waals surface area contributed by atoms with Crippen molar-refractivity contribution in [3.8, 4) is 0 Å². The number of hydrogen-bond donors (Lipinski definition) is 1. The number of nitrogens with zero attached hydrogens (tertiary/aromatic N) is 1. The van der Waals surface area contributed by atoms with Gasteiger partial charge < -0.3 is 9.73 Å². The van der Waals surface area contributed by atoms with Gasteiger partial charge in [0.05, 0.1) is 0 Å². The molecule has 1 aliphatic rings. The van der Waals surface area contributed by atoms with Gasteiger partial charge in [0.1, 0.15) is 5.76 Å². The standard InChI is InChI=1S/C8H10N2O2/c1-5-7(9-4-12-5)8(11)10-6-2-3-6/h4,6H,2-3H2,1H3,(H,10,11). The average molecular weight is 166 g/mol. The van der Waals surface area contributed by atoms with Crippen molar-refractivity contribution in [2.45, 2.75) is 25.8 Å². The van der Waals surface area contributed by atoms with Crippen LogP contribution in [-0.4, -0.2) is 16.9 Å². The van der Waals surface area contributed by atoms with E-state index < -0.39 is 0 Å². The molecule has 0 unspecified atom stereocenters. The molecule has 4 nitrogen and oxygen atoms in total. The van der Waals surface area contributed by atoms with E-state index in [2.05, 4.69) is 10.3 Å². The van der Waals surface area contributed by atoms with Crippen LogP contribution in [0.25, 0.3) is 0 Å². The minimum Gasteiger partial charge on any atom is -0.448 e. The highest BCUT2D eigenvalue weighted by molar-refractivity contribution is 5.93. The first kappa shape index (κ1) is 7.34. The Bertz CT molecular complexity index is 302. The fourth-order valence-corrected chi connectivity index (χ4v) is 1.00. The third-order valence-corrected chi connectivity index (χ3v) is 1.87. The van der Waals surface area contributed by atoms with Gasteiger partial charge in [-0.3, -0.25) is 4.79 Å². The van der Waals surface area contributed by atoms with Crippen LogP contribution in [0.1, 0.15) is 29.1 Å². The van der Waals surface area contributed by atoms with E-state index in [1.165, 1.54) is 6.39 Å². The largest absolute Gasteiger partial charge is 0.448 e. The maximum Gasteiger partial charge on any atom is 0.273 e. The van der Waals surface area contributed by atoms with Crippen LogP contribution in [0.4, 0.5) is 0 Å². The monoisotopic (exact) mass is 166 g/mol. The van der Waals surface area contributed by atoms with Crippen molar-refractivity contribution < 1.29 is 9.21 Å². The zero-order chi connectivity index (χ0) is 8.55. The van der Waals surface area contributed by atoms with Crippen molar-refractivity contribution in [1.29, 1.82) is 0 Å². The molecule has 12 heavy (non-hydrogen) atoms. The van der Waals surface area contributed by atoms with Gasteiger partial charge in [0, 0.05) is 6.04 Å². The van der Waals surface area contributed by atoms with Crippen LogP contribution in [0.2, 0.25) is 0 Å². The first-order valence-corrected chi connectivity index (χ1v) is 3.98. The molecule has 1 aromatic rings. The molecule has 0 spiro atoms. The summed E-state index contributed by atoms with van der Waals surface area (Å²) in [6, 6.07) is 0.369. The van der Waals surface area contributed by atoms with Gasteiger partial charge in [-0.2, -0.15) is 0 Å². The summed E-state index contributed by atoms with van der Waals surface area (Å²) in [5.74, 6) is 0.455. The number of amides is 1. The van der Waals surface area contributed by atoms with Crippen LogP contribution in [0, 0.1) is 6.92 Å². The smallest absolute Gasteiger partial charge is 0.273 e. The fourth-order valence-electron chi connectivity index (χ4n) is 1.00. The summed E-state index contributed by atoms with van der Waals surface area (Å²) < 4.78 is 4.92. The van der Waals surface area contributed by atoms with Crippen LogP contribution in [0.15, 0.2) is 10.8 Å². The highest BCUT2D eigenvalue weighted by Crippen LogP contribution is 2.19. The number of aromatic nitrogens is 1. The molecular formula is C8H10N2O2. The molecule has 0 bridgehead atoms. The van der Waals surface area contributed by atoms with Gasteiger partial charge in [-0.25, -0.2) is 4.98 Å². The van der Waals surface area contributed by atoms with E-state index in [4.69, 9.17) is 4.42 Å². The van der Waals surface area contributed by atoms with E-state index in [1.54, 1.807) is 6.92 Å². The number of hydrogen-bond acceptors (Lipinski definition) is 3. The Morgan fingerprint density at radius 3 is 3.00 bits per heavy atom. The Labute approximate surface area is 70.0 Å². The number of rotatable bonds is 2. The van der Waals surface area contributed by atoms with Crippen molar-refractivity contribution in [1.82, 2.24) is 10.3 Å². The summed E-state index contributed by atoms with van der Waals surface area (Å²) >= 11 is 0. The number of carbonyl (C=O) groups is 1. The lowest BCUT2D eigenvalue weighted by atomic mass is 10.3. The quantitative estimate of drug-likeness (QED) is 0.709. The molecule has 1 aliphatic carbocycles. The molecule has 1 N–H and O–H groups in total. The predicted octanol–water partition coefficient (Wildman–Crippen LogP) is 0.875. The molecule has 0 atom stereocenters. The lowest BCUT2D eigenvalue weighted by Gasteiger charge is -1.98.